The average molecular weight is 525 g/mol. The molecule has 2 aliphatic heterocycles. The summed E-state index contributed by atoms with van der Waals surface area (Å²) in [6, 6.07) is 1.13. The van der Waals surface area contributed by atoms with Crippen molar-refractivity contribution < 1.29 is 36.3 Å². The fraction of sp³-hybridized carbons (Fsp3) is 0.409. The number of amides is 2. The highest BCUT2D eigenvalue weighted by Crippen LogP contribution is 2.34. The van der Waals surface area contributed by atoms with Crippen molar-refractivity contribution in [3.05, 3.63) is 47.5 Å². The zero-order valence-electron chi connectivity index (χ0n) is 19.1. The molecule has 0 aliphatic carbocycles. The van der Waals surface area contributed by atoms with E-state index in [0.717, 1.165) is 23.4 Å². The third-order valence-corrected chi connectivity index (χ3v) is 6.37. The molecule has 3 aromatic rings. The lowest BCUT2D eigenvalue weighted by molar-refractivity contribution is -0.236. The Morgan fingerprint density at radius 3 is 2.57 bits per heavy atom. The highest BCUT2D eigenvalue weighted by atomic mass is 19.4. The highest BCUT2D eigenvalue weighted by molar-refractivity contribution is 5.96. The summed E-state index contributed by atoms with van der Waals surface area (Å²) < 4.78 is 73.9. The smallest absolute Gasteiger partial charge is 0.384 e. The van der Waals surface area contributed by atoms with Gasteiger partial charge in [0.25, 0.3) is 5.91 Å². The van der Waals surface area contributed by atoms with Gasteiger partial charge in [0.15, 0.2) is 17.7 Å². The maximum absolute atomic E-state index is 14.8. The number of hydrogen-bond donors (Lipinski definition) is 1. The van der Waals surface area contributed by atoms with Crippen molar-refractivity contribution in [1.29, 1.82) is 0 Å². The second-order valence-electron chi connectivity index (χ2n) is 8.80. The zero-order chi connectivity index (χ0) is 26.5. The predicted molar refractivity (Wildman–Crippen MR) is 117 cm³/mol. The number of morpholine rings is 1. The monoisotopic (exact) mass is 525 g/mol. The molecule has 2 N–H and O–H groups in total. The number of halogens is 5. The van der Waals surface area contributed by atoms with Gasteiger partial charge in [0.1, 0.15) is 12.4 Å². The number of hydrogen-bond acceptors (Lipinski definition) is 7. The van der Waals surface area contributed by atoms with E-state index in [-0.39, 0.29) is 54.2 Å². The summed E-state index contributed by atoms with van der Waals surface area (Å²) in [5, 5.41) is 4.46. The molecule has 0 bridgehead atoms. The van der Waals surface area contributed by atoms with Crippen LogP contribution < -0.4 is 5.73 Å². The van der Waals surface area contributed by atoms with Gasteiger partial charge in [-0.1, -0.05) is 0 Å². The number of likely N-dealkylation sites (tertiary alicyclic amines) is 1. The van der Waals surface area contributed by atoms with Gasteiger partial charge < -0.3 is 20.3 Å². The Hall–Kier alpha value is -3.88. The molecule has 0 radical (unpaired) electrons. The van der Waals surface area contributed by atoms with E-state index in [1.807, 2.05) is 0 Å². The quantitative estimate of drug-likeness (QED) is 0.515. The molecule has 2 aliphatic rings. The summed E-state index contributed by atoms with van der Waals surface area (Å²) in [5.74, 6) is -3.24. The lowest BCUT2D eigenvalue weighted by Gasteiger charge is -2.38. The predicted octanol–water partition coefficient (Wildman–Crippen LogP) is 1.72. The van der Waals surface area contributed by atoms with Gasteiger partial charge >= 0.3 is 6.18 Å². The molecule has 15 heteroatoms. The molecule has 0 saturated carbocycles. The van der Waals surface area contributed by atoms with E-state index in [4.69, 9.17) is 10.5 Å². The van der Waals surface area contributed by atoms with Crippen LogP contribution in [0.25, 0.3) is 10.9 Å². The summed E-state index contributed by atoms with van der Waals surface area (Å²) >= 11 is 0. The molecule has 37 heavy (non-hydrogen) atoms. The van der Waals surface area contributed by atoms with Gasteiger partial charge in [-0.25, -0.2) is 13.8 Å². The number of nitrogens with two attached hydrogens (primary N) is 1. The van der Waals surface area contributed by atoms with Crippen LogP contribution in [0.15, 0.2) is 24.7 Å². The fourth-order valence-electron chi connectivity index (χ4n) is 4.42. The van der Waals surface area contributed by atoms with Crippen molar-refractivity contribution in [2.75, 3.05) is 38.5 Å². The van der Waals surface area contributed by atoms with E-state index in [0.29, 0.717) is 0 Å². The summed E-state index contributed by atoms with van der Waals surface area (Å²) in [6.07, 6.45) is -3.58. The van der Waals surface area contributed by atoms with Gasteiger partial charge in [0.05, 0.1) is 53.9 Å². The van der Waals surface area contributed by atoms with E-state index in [2.05, 4.69) is 15.1 Å². The standard InChI is InChI=1S/C22H20F5N7O3/c23-13-5-30-17(28)3-12(13)21(36)33-7-11(8-33)20-19-14(24)4-29-6-15(19)34(31-20)10-18(35)32-1-2-37-16(9-32)22(25,26)27/h3-6,11,16H,1-2,7-10H2,(H2,28,30)/t16-/m1/s1. The highest BCUT2D eigenvalue weighted by Gasteiger charge is 2.44. The number of fused-ring (bicyclic) bond motifs is 1. The molecule has 0 aromatic carbocycles. The third kappa shape index (κ3) is 4.65. The number of carbonyl (C=O) groups is 2. The van der Waals surface area contributed by atoms with E-state index in [1.54, 1.807) is 0 Å². The maximum Gasteiger partial charge on any atom is 0.416 e. The SMILES string of the molecule is Nc1cc(C(=O)N2CC(c3nn(CC(=O)N4CCO[C@@H](C(F)(F)F)C4)c4cncc(F)c34)C2)c(F)cn1. The number of carbonyl (C=O) groups excluding carboxylic acids is 2. The molecule has 10 nitrogen and oxygen atoms in total. The Balaban J connectivity index is 1.35. The van der Waals surface area contributed by atoms with Crippen molar-refractivity contribution in [2.45, 2.75) is 24.7 Å². The summed E-state index contributed by atoms with van der Waals surface area (Å²) in [4.78, 5) is 35.2. The second-order valence-corrected chi connectivity index (χ2v) is 8.80. The summed E-state index contributed by atoms with van der Waals surface area (Å²) in [7, 11) is 0. The maximum atomic E-state index is 14.8. The van der Waals surface area contributed by atoms with Gasteiger partial charge in [-0.05, 0) is 6.07 Å². The minimum Gasteiger partial charge on any atom is -0.384 e. The second kappa shape index (κ2) is 9.21. The third-order valence-electron chi connectivity index (χ3n) is 6.37. The Morgan fingerprint density at radius 2 is 1.84 bits per heavy atom. The number of rotatable bonds is 4. The van der Waals surface area contributed by atoms with Gasteiger partial charge in [-0.3, -0.25) is 19.3 Å². The van der Waals surface area contributed by atoms with E-state index in [9.17, 15) is 31.5 Å². The number of aromatic nitrogens is 4. The molecule has 2 amide bonds. The summed E-state index contributed by atoms with van der Waals surface area (Å²) in [6.45, 7) is -1.20. The minimum atomic E-state index is -4.62. The Labute approximate surface area is 205 Å². The zero-order valence-corrected chi connectivity index (χ0v) is 19.1. The minimum absolute atomic E-state index is 0.0207. The molecule has 1 atom stereocenters. The number of alkyl halides is 3. The van der Waals surface area contributed by atoms with Crippen molar-refractivity contribution >= 4 is 28.5 Å². The van der Waals surface area contributed by atoms with Crippen molar-refractivity contribution in [3.8, 4) is 0 Å². The first-order valence-corrected chi connectivity index (χ1v) is 11.2. The fourth-order valence-corrected chi connectivity index (χ4v) is 4.42. The summed E-state index contributed by atoms with van der Waals surface area (Å²) in [5.41, 5.74) is 5.74. The van der Waals surface area contributed by atoms with Crippen LogP contribution in [0.3, 0.4) is 0 Å². The van der Waals surface area contributed by atoms with Crippen molar-refractivity contribution in [2.24, 2.45) is 0 Å². The largest absolute Gasteiger partial charge is 0.416 e. The van der Waals surface area contributed by atoms with E-state index in [1.165, 1.54) is 15.8 Å². The Bertz CT molecular complexity index is 1370. The van der Waals surface area contributed by atoms with Crippen LogP contribution in [0, 0.1) is 11.6 Å². The van der Waals surface area contributed by atoms with Crippen LogP contribution in [0.1, 0.15) is 22.0 Å². The molecular weight excluding hydrogens is 505 g/mol. The number of pyridine rings is 2. The molecule has 3 aromatic heterocycles. The molecule has 0 unspecified atom stereocenters. The van der Waals surface area contributed by atoms with Crippen LogP contribution in [0.5, 0.6) is 0 Å². The number of anilines is 1. The first-order chi connectivity index (χ1) is 17.5. The van der Waals surface area contributed by atoms with E-state index < -0.39 is 54.7 Å². The molecule has 0 spiro atoms. The van der Waals surface area contributed by atoms with Crippen molar-refractivity contribution in [1.82, 2.24) is 29.5 Å². The molecule has 196 valence electrons. The molecule has 2 saturated heterocycles. The van der Waals surface area contributed by atoms with Gasteiger partial charge in [-0.15, -0.1) is 0 Å². The Kier molecular flexibility index (Phi) is 6.17. The number of nitrogen functional groups attached to an aromatic ring is 1. The van der Waals surface area contributed by atoms with Crippen LogP contribution in [-0.2, 0) is 16.1 Å². The normalized spacial score (nSPS) is 18.8. The van der Waals surface area contributed by atoms with Crippen LogP contribution in [0.2, 0.25) is 0 Å². The first kappa shape index (κ1) is 24.8. The molecule has 2 fully saturated rings. The van der Waals surface area contributed by atoms with E-state index >= 15 is 0 Å². The lowest BCUT2D eigenvalue weighted by atomic mass is 9.93. The average Bonchev–Trinajstić information content (AvgIpc) is 3.18. The number of ether oxygens (including phenoxy) is 1. The van der Waals surface area contributed by atoms with Gasteiger partial charge in [0.2, 0.25) is 5.91 Å². The van der Waals surface area contributed by atoms with Crippen LogP contribution in [-0.4, -0.2) is 86.4 Å². The molecular formula is C22H20F5N7O3. The Morgan fingerprint density at radius 1 is 1.08 bits per heavy atom. The topological polar surface area (TPSA) is 119 Å². The number of nitrogens with zero attached hydrogens (tertiary/aromatic N) is 6. The van der Waals surface area contributed by atoms with Crippen LogP contribution in [0.4, 0.5) is 27.8 Å². The lowest BCUT2D eigenvalue weighted by Crippen LogP contribution is -2.51. The first-order valence-electron chi connectivity index (χ1n) is 11.2. The van der Waals surface area contributed by atoms with Crippen LogP contribution >= 0.6 is 0 Å². The van der Waals surface area contributed by atoms with Gasteiger partial charge in [-0.2, -0.15) is 18.3 Å². The molecule has 5 rings (SSSR count). The van der Waals surface area contributed by atoms with Crippen molar-refractivity contribution in [3.63, 3.8) is 0 Å². The molecule has 5 heterocycles. The van der Waals surface area contributed by atoms with Gasteiger partial charge in [0, 0.05) is 25.6 Å².